The van der Waals surface area contributed by atoms with Gasteiger partial charge in [-0.3, -0.25) is 4.79 Å². The van der Waals surface area contributed by atoms with Crippen LogP contribution in [0.4, 0.5) is 0 Å². The molecule has 7 nitrogen and oxygen atoms in total. The van der Waals surface area contributed by atoms with E-state index in [1.165, 1.54) is 0 Å². The van der Waals surface area contributed by atoms with E-state index in [9.17, 15) is 4.79 Å². The maximum atomic E-state index is 13.0. The van der Waals surface area contributed by atoms with Crippen molar-refractivity contribution in [1.82, 2.24) is 9.80 Å². The van der Waals surface area contributed by atoms with Crippen LogP contribution in [0.3, 0.4) is 0 Å². The van der Waals surface area contributed by atoms with Gasteiger partial charge in [-0.25, -0.2) is 0 Å². The summed E-state index contributed by atoms with van der Waals surface area (Å²) in [6.07, 6.45) is 7.50. The van der Waals surface area contributed by atoms with Crippen molar-refractivity contribution < 1.29 is 23.7 Å². The number of amides is 1. The van der Waals surface area contributed by atoms with E-state index in [1.807, 2.05) is 88.1 Å². The Bertz CT molecular complexity index is 1180. The topological polar surface area (TPSA) is 60.5 Å². The number of nitrogens with zero attached hydrogens (tertiary/aromatic N) is 2. The van der Waals surface area contributed by atoms with Crippen LogP contribution in [0.2, 0.25) is 0 Å². The molecule has 0 bridgehead atoms. The second kappa shape index (κ2) is 14.9. The van der Waals surface area contributed by atoms with Crippen LogP contribution in [0.1, 0.15) is 51.3 Å². The predicted molar refractivity (Wildman–Crippen MR) is 158 cm³/mol. The zero-order valence-electron chi connectivity index (χ0n) is 24.0. The van der Waals surface area contributed by atoms with Gasteiger partial charge in [-0.1, -0.05) is 24.8 Å². The Morgan fingerprint density at radius 1 is 0.769 bits per heavy atom. The number of carbonyl (C=O) groups is 1. The van der Waals surface area contributed by atoms with Crippen LogP contribution in [0.15, 0.2) is 48.7 Å². The van der Waals surface area contributed by atoms with Crippen LogP contribution in [0, 0.1) is 0 Å². The molecule has 0 N–H and O–H groups in total. The zero-order valence-corrected chi connectivity index (χ0v) is 24.0. The predicted octanol–water partition coefficient (Wildman–Crippen LogP) is 6.14. The second-order valence-electron chi connectivity index (χ2n) is 9.05. The molecule has 1 amide bonds. The highest BCUT2D eigenvalue weighted by molar-refractivity contribution is 5.93. The lowest BCUT2D eigenvalue weighted by molar-refractivity contribution is -0.127. The van der Waals surface area contributed by atoms with Crippen molar-refractivity contribution in [2.75, 3.05) is 52.6 Å². The first-order valence-corrected chi connectivity index (χ1v) is 13.8. The first-order chi connectivity index (χ1) is 18.9. The van der Waals surface area contributed by atoms with E-state index in [2.05, 4.69) is 11.5 Å². The number of rotatable bonds is 13. The molecule has 1 heterocycles. The average molecular weight is 535 g/mol. The van der Waals surface area contributed by atoms with E-state index in [-0.39, 0.29) is 5.91 Å². The van der Waals surface area contributed by atoms with Gasteiger partial charge in [0, 0.05) is 43.5 Å². The molecule has 0 unspecified atom stereocenters. The average Bonchev–Trinajstić information content (AvgIpc) is 2.94. The molecule has 0 atom stereocenters. The highest BCUT2D eigenvalue weighted by atomic mass is 16.5. The Hall–Kier alpha value is -3.87. The molecule has 1 aliphatic rings. The van der Waals surface area contributed by atoms with Crippen molar-refractivity contribution in [3.8, 4) is 23.0 Å². The fourth-order valence-corrected chi connectivity index (χ4v) is 4.40. The summed E-state index contributed by atoms with van der Waals surface area (Å²) in [5.74, 6) is 2.73. The molecule has 0 aliphatic carbocycles. The highest BCUT2D eigenvalue weighted by Gasteiger charge is 2.19. The quantitative estimate of drug-likeness (QED) is 0.227. The molecular weight excluding hydrogens is 492 g/mol. The van der Waals surface area contributed by atoms with E-state index in [1.54, 1.807) is 6.08 Å². The number of benzene rings is 2. The minimum atomic E-state index is -0.00833. The molecule has 1 saturated heterocycles. The van der Waals surface area contributed by atoms with E-state index < -0.39 is 0 Å². The first-order valence-electron chi connectivity index (χ1n) is 13.8. The van der Waals surface area contributed by atoms with E-state index in [0.717, 1.165) is 41.2 Å². The molecule has 3 rings (SSSR count). The smallest absolute Gasteiger partial charge is 0.246 e. The molecule has 210 valence electrons. The third-order valence-corrected chi connectivity index (χ3v) is 6.33. The Morgan fingerprint density at radius 2 is 1.36 bits per heavy atom. The molecule has 2 aromatic carbocycles. The van der Waals surface area contributed by atoms with Crippen molar-refractivity contribution >= 4 is 24.1 Å². The number of carbonyl (C=O) groups excluding carboxylic acids is 1. The Kier molecular flexibility index (Phi) is 11.3. The van der Waals surface area contributed by atoms with Crippen molar-refractivity contribution in [2.45, 2.75) is 34.6 Å². The van der Waals surface area contributed by atoms with Gasteiger partial charge in [0.1, 0.15) is 0 Å². The van der Waals surface area contributed by atoms with Gasteiger partial charge in [-0.15, -0.1) is 0 Å². The number of allylic oxidation sites excluding steroid dienone is 1. The van der Waals surface area contributed by atoms with Crippen LogP contribution in [-0.4, -0.2) is 68.3 Å². The third-order valence-electron chi connectivity index (χ3n) is 6.33. The van der Waals surface area contributed by atoms with Gasteiger partial charge < -0.3 is 28.7 Å². The van der Waals surface area contributed by atoms with Gasteiger partial charge >= 0.3 is 0 Å². The van der Waals surface area contributed by atoms with Crippen LogP contribution in [0.25, 0.3) is 18.2 Å². The standard InChI is InChI=1S/C32H42N2O5/c1-7-36-28-16-12-25(23-30(28)38-9-3)11-15-27-26(13-17-29(37-8-2)32(27)39-10-4)14-18-31(35)34-21-19-33(20-22-34)24(5)6/h11-18,23H,5,7-10,19-22H2,1-4,6H3/b15-11+,18-14+. The molecule has 1 aliphatic heterocycles. The van der Waals surface area contributed by atoms with Crippen LogP contribution in [-0.2, 0) is 4.79 Å². The van der Waals surface area contributed by atoms with E-state index >= 15 is 0 Å². The molecule has 0 spiro atoms. The van der Waals surface area contributed by atoms with Crippen LogP contribution < -0.4 is 18.9 Å². The number of hydrogen-bond donors (Lipinski definition) is 0. The Balaban J connectivity index is 1.94. The summed E-state index contributed by atoms with van der Waals surface area (Å²) < 4.78 is 23.4. The number of hydrogen-bond acceptors (Lipinski definition) is 6. The number of ether oxygens (including phenoxy) is 4. The normalized spacial score (nSPS) is 13.7. The van der Waals surface area contributed by atoms with Crippen LogP contribution >= 0.6 is 0 Å². The van der Waals surface area contributed by atoms with Gasteiger partial charge in [0.15, 0.2) is 23.0 Å². The minimum absolute atomic E-state index is 0.00833. The van der Waals surface area contributed by atoms with Gasteiger partial charge in [0.05, 0.1) is 26.4 Å². The van der Waals surface area contributed by atoms with E-state index in [4.69, 9.17) is 18.9 Å². The molecular formula is C32H42N2O5. The minimum Gasteiger partial charge on any atom is -0.490 e. The second-order valence-corrected chi connectivity index (χ2v) is 9.05. The zero-order chi connectivity index (χ0) is 28.2. The fraction of sp³-hybridized carbons (Fsp3) is 0.406. The molecule has 1 fully saturated rings. The monoisotopic (exact) mass is 534 g/mol. The van der Waals surface area contributed by atoms with Gasteiger partial charge in [0.2, 0.25) is 5.91 Å². The summed E-state index contributed by atoms with van der Waals surface area (Å²) in [4.78, 5) is 17.1. The van der Waals surface area contributed by atoms with Gasteiger partial charge in [-0.2, -0.15) is 0 Å². The summed E-state index contributed by atoms with van der Waals surface area (Å²) in [6, 6.07) is 9.72. The summed E-state index contributed by atoms with van der Waals surface area (Å²) >= 11 is 0. The lowest BCUT2D eigenvalue weighted by Crippen LogP contribution is -2.47. The summed E-state index contributed by atoms with van der Waals surface area (Å²) in [5, 5.41) is 0. The van der Waals surface area contributed by atoms with Crippen LogP contribution in [0.5, 0.6) is 23.0 Å². The van der Waals surface area contributed by atoms with E-state index in [0.29, 0.717) is 56.8 Å². The fourth-order valence-electron chi connectivity index (χ4n) is 4.40. The van der Waals surface area contributed by atoms with Gasteiger partial charge in [-0.05, 0) is 76.1 Å². The lowest BCUT2D eigenvalue weighted by atomic mass is 10.0. The maximum Gasteiger partial charge on any atom is 0.246 e. The largest absolute Gasteiger partial charge is 0.490 e. The maximum absolute atomic E-state index is 13.0. The van der Waals surface area contributed by atoms with Crippen molar-refractivity contribution in [3.05, 3.63) is 65.4 Å². The Labute approximate surface area is 233 Å². The molecule has 0 aromatic heterocycles. The SMILES string of the molecule is C=C(C)N1CCN(C(=O)/C=C/c2ccc(OCC)c(OCC)c2/C=C/c2ccc(OCC)c(OCC)c2)CC1. The first kappa shape index (κ1) is 29.7. The number of piperazine rings is 1. The summed E-state index contributed by atoms with van der Waals surface area (Å²) in [6.45, 7) is 18.9. The van der Waals surface area contributed by atoms with Crippen molar-refractivity contribution in [2.24, 2.45) is 0 Å². The van der Waals surface area contributed by atoms with Crippen molar-refractivity contribution in [1.29, 1.82) is 0 Å². The summed E-state index contributed by atoms with van der Waals surface area (Å²) in [5.41, 5.74) is 3.69. The molecule has 7 heteroatoms. The molecule has 39 heavy (non-hydrogen) atoms. The van der Waals surface area contributed by atoms with Crippen molar-refractivity contribution in [3.63, 3.8) is 0 Å². The molecule has 2 aromatic rings. The third kappa shape index (κ3) is 8.06. The molecule has 0 radical (unpaired) electrons. The molecule has 0 saturated carbocycles. The lowest BCUT2D eigenvalue weighted by Gasteiger charge is -2.35. The summed E-state index contributed by atoms with van der Waals surface area (Å²) in [7, 11) is 0. The highest BCUT2D eigenvalue weighted by Crippen LogP contribution is 2.37. The van der Waals surface area contributed by atoms with Gasteiger partial charge in [0.25, 0.3) is 0 Å². The Morgan fingerprint density at radius 3 is 2.00 bits per heavy atom.